The van der Waals surface area contributed by atoms with E-state index in [1.807, 2.05) is 0 Å². The van der Waals surface area contributed by atoms with Crippen LogP contribution >= 0.6 is 11.6 Å². The maximum absolute atomic E-state index is 12.8. The minimum Gasteiger partial charge on any atom is -0.352 e. The minimum atomic E-state index is -0.466. The smallest absolute Gasteiger partial charge is 0.252 e. The Morgan fingerprint density at radius 3 is 3.00 bits per heavy atom. The number of nitrogens with zero attached hydrogens (tertiary/aromatic N) is 2. The van der Waals surface area contributed by atoms with Crippen molar-refractivity contribution in [1.29, 1.82) is 0 Å². The number of rotatable bonds is 5. The Hall–Kier alpha value is -1.95. The van der Waals surface area contributed by atoms with Gasteiger partial charge in [0.05, 0.1) is 10.6 Å². The number of aryl methyl sites for hydroxylation is 1. The molecule has 0 aliphatic rings. The van der Waals surface area contributed by atoms with Crippen LogP contribution in [0.3, 0.4) is 0 Å². The van der Waals surface area contributed by atoms with Gasteiger partial charge in [0.2, 0.25) is 0 Å². The number of aromatic amines is 1. The quantitative estimate of drug-likeness (QED) is 0.824. The van der Waals surface area contributed by atoms with Gasteiger partial charge in [0, 0.05) is 13.0 Å². The van der Waals surface area contributed by atoms with Crippen LogP contribution in [0.5, 0.6) is 0 Å². The predicted molar refractivity (Wildman–Crippen MR) is 68.4 cm³/mol. The fraction of sp³-hybridized carbons (Fsp3) is 0.250. The lowest BCUT2D eigenvalue weighted by atomic mass is 10.2. The summed E-state index contributed by atoms with van der Waals surface area (Å²) in [6.07, 6.45) is 2.85. The van der Waals surface area contributed by atoms with Gasteiger partial charge in [-0.3, -0.25) is 9.89 Å². The van der Waals surface area contributed by atoms with Crippen LogP contribution in [0.15, 0.2) is 24.5 Å². The van der Waals surface area contributed by atoms with Crippen molar-refractivity contribution in [2.45, 2.75) is 12.8 Å². The molecule has 7 heteroatoms. The number of hydrogen-bond acceptors (Lipinski definition) is 3. The monoisotopic (exact) mass is 282 g/mol. The van der Waals surface area contributed by atoms with Crippen molar-refractivity contribution in [3.63, 3.8) is 0 Å². The van der Waals surface area contributed by atoms with E-state index >= 15 is 0 Å². The van der Waals surface area contributed by atoms with Crippen molar-refractivity contribution >= 4 is 17.5 Å². The lowest BCUT2D eigenvalue weighted by Crippen LogP contribution is -2.25. The number of carbonyl (C=O) groups excluding carboxylic acids is 1. The van der Waals surface area contributed by atoms with E-state index in [0.29, 0.717) is 13.0 Å². The fourth-order valence-electron chi connectivity index (χ4n) is 1.58. The molecule has 19 heavy (non-hydrogen) atoms. The molecule has 0 fully saturated rings. The van der Waals surface area contributed by atoms with Gasteiger partial charge in [-0.25, -0.2) is 9.37 Å². The van der Waals surface area contributed by atoms with E-state index in [4.69, 9.17) is 11.6 Å². The summed E-state index contributed by atoms with van der Waals surface area (Å²) in [5.74, 6) is -0.0106. The second-order valence-corrected chi connectivity index (χ2v) is 4.32. The normalized spacial score (nSPS) is 10.4. The Bertz CT molecular complexity index is 559. The van der Waals surface area contributed by atoms with E-state index in [0.717, 1.165) is 18.3 Å². The van der Waals surface area contributed by atoms with Crippen LogP contribution in [-0.2, 0) is 6.42 Å². The Morgan fingerprint density at radius 1 is 1.47 bits per heavy atom. The lowest BCUT2D eigenvalue weighted by Gasteiger charge is -2.06. The zero-order valence-corrected chi connectivity index (χ0v) is 10.7. The maximum Gasteiger partial charge on any atom is 0.252 e. The zero-order valence-electron chi connectivity index (χ0n) is 9.99. The first kappa shape index (κ1) is 13.5. The van der Waals surface area contributed by atoms with Gasteiger partial charge in [-0.05, 0) is 24.6 Å². The van der Waals surface area contributed by atoms with Crippen molar-refractivity contribution in [2.75, 3.05) is 6.54 Å². The molecule has 0 radical (unpaired) electrons. The van der Waals surface area contributed by atoms with E-state index in [2.05, 4.69) is 20.5 Å². The Morgan fingerprint density at radius 2 is 2.32 bits per heavy atom. The summed E-state index contributed by atoms with van der Waals surface area (Å²) >= 11 is 5.79. The van der Waals surface area contributed by atoms with Crippen LogP contribution in [0.2, 0.25) is 5.02 Å². The van der Waals surface area contributed by atoms with Crippen molar-refractivity contribution < 1.29 is 9.18 Å². The highest BCUT2D eigenvalue weighted by Crippen LogP contribution is 2.16. The predicted octanol–water partition coefficient (Wildman–Crippen LogP) is 1.96. The second kappa shape index (κ2) is 6.29. The first-order valence-corrected chi connectivity index (χ1v) is 6.12. The number of amides is 1. The molecule has 0 spiro atoms. The third-order valence-electron chi connectivity index (χ3n) is 2.52. The Labute approximate surface area is 114 Å². The van der Waals surface area contributed by atoms with E-state index in [9.17, 15) is 9.18 Å². The van der Waals surface area contributed by atoms with Gasteiger partial charge in [0.15, 0.2) is 0 Å². The molecule has 2 rings (SSSR count). The fourth-order valence-corrected chi connectivity index (χ4v) is 1.83. The molecule has 0 unspecified atom stereocenters. The van der Waals surface area contributed by atoms with Crippen molar-refractivity contribution in [2.24, 2.45) is 0 Å². The minimum absolute atomic E-state index is 0.104. The molecule has 0 aliphatic heterocycles. The van der Waals surface area contributed by atoms with E-state index in [1.165, 1.54) is 18.5 Å². The summed E-state index contributed by atoms with van der Waals surface area (Å²) in [6.45, 7) is 0.479. The molecule has 2 aromatic rings. The van der Waals surface area contributed by atoms with Gasteiger partial charge < -0.3 is 5.32 Å². The summed E-state index contributed by atoms with van der Waals surface area (Å²) in [7, 11) is 0. The highest BCUT2D eigenvalue weighted by atomic mass is 35.5. The zero-order chi connectivity index (χ0) is 13.7. The average Bonchev–Trinajstić information content (AvgIpc) is 2.87. The Balaban J connectivity index is 1.81. The van der Waals surface area contributed by atoms with Crippen molar-refractivity contribution in [3.8, 4) is 0 Å². The number of carbonyl (C=O) groups is 1. The molecule has 0 bridgehead atoms. The standard InChI is InChI=1S/C12H12ClFN4O/c13-10-6-8(14)3-4-9(10)12(19)15-5-1-2-11-16-7-17-18-11/h3-4,6-7H,1-2,5H2,(H,15,19)(H,16,17,18). The molecule has 1 amide bonds. The van der Waals surface area contributed by atoms with Crippen molar-refractivity contribution in [3.05, 3.63) is 46.8 Å². The summed E-state index contributed by atoms with van der Waals surface area (Å²) in [5, 5.41) is 9.28. The lowest BCUT2D eigenvalue weighted by molar-refractivity contribution is 0.0953. The van der Waals surface area contributed by atoms with E-state index < -0.39 is 5.82 Å². The highest BCUT2D eigenvalue weighted by molar-refractivity contribution is 6.33. The number of aromatic nitrogens is 3. The molecule has 100 valence electrons. The second-order valence-electron chi connectivity index (χ2n) is 3.92. The SMILES string of the molecule is O=C(NCCCc1ncn[nH]1)c1ccc(F)cc1Cl. The van der Waals surface area contributed by atoms with Crippen LogP contribution in [0.1, 0.15) is 22.6 Å². The van der Waals surface area contributed by atoms with Crippen LogP contribution in [-0.4, -0.2) is 27.6 Å². The van der Waals surface area contributed by atoms with Gasteiger partial charge in [-0.15, -0.1) is 0 Å². The molecule has 0 aliphatic carbocycles. The molecule has 0 saturated heterocycles. The topological polar surface area (TPSA) is 70.7 Å². The summed E-state index contributed by atoms with van der Waals surface area (Å²) < 4.78 is 12.8. The summed E-state index contributed by atoms with van der Waals surface area (Å²) in [4.78, 5) is 15.8. The average molecular weight is 283 g/mol. The third kappa shape index (κ3) is 3.75. The van der Waals surface area contributed by atoms with Crippen LogP contribution in [0.4, 0.5) is 4.39 Å². The molecule has 1 heterocycles. The summed E-state index contributed by atoms with van der Waals surface area (Å²) in [6, 6.07) is 3.68. The first-order valence-electron chi connectivity index (χ1n) is 5.74. The number of hydrogen-bond donors (Lipinski definition) is 2. The number of nitrogens with one attached hydrogen (secondary N) is 2. The largest absolute Gasteiger partial charge is 0.352 e. The Kier molecular flexibility index (Phi) is 4.46. The van der Waals surface area contributed by atoms with Gasteiger partial charge in [-0.2, -0.15) is 5.10 Å². The molecule has 2 N–H and O–H groups in total. The summed E-state index contributed by atoms with van der Waals surface area (Å²) in [5.41, 5.74) is 0.266. The number of halogens is 2. The molecule has 0 atom stereocenters. The molecule has 5 nitrogen and oxygen atoms in total. The van der Waals surface area contributed by atoms with Gasteiger partial charge in [0.25, 0.3) is 5.91 Å². The van der Waals surface area contributed by atoms with Crippen molar-refractivity contribution in [1.82, 2.24) is 20.5 Å². The molecule has 1 aromatic carbocycles. The number of H-pyrrole nitrogens is 1. The maximum atomic E-state index is 12.8. The number of benzene rings is 1. The highest BCUT2D eigenvalue weighted by Gasteiger charge is 2.10. The third-order valence-corrected chi connectivity index (χ3v) is 2.83. The first-order chi connectivity index (χ1) is 9.16. The van der Waals surface area contributed by atoms with Crippen LogP contribution in [0.25, 0.3) is 0 Å². The van der Waals surface area contributed by atoms with Crippen LogP contribution < -0.4 is 5.32 Å². The van der Waals surface area contributed by atoms with Gasteiger partial charge >= 0.3 is 0 Å². The van der Waals surface area contributed by atoms with E-state index in [-0.39, 0.29) is 16.5 Å². The molecule has 0 saturated carbocycles. The molecule has 1 aromatic heterocycles. The van der Waals surface area contributed by atoms with Gasteiger partial charge in [0.1, 0.15) is 18.0 Å². The van der Waals surface area contributed by atoms with Crippen LogP contribution in [0, 0.1) is 5.82 Å². The molecular weight excluding hydrogens is 271 g/mol. The van der Waals surface area contributed by atoms with E-state index in [1.54, 1.807) is 0 Å². The van der Waals surface area contributed by atoms with Gasteiger partial charge in [-0.1, -0.05) is 11.6 Å². The molecular formula is C12H12ClFN4O.